The van der Waals surface area contributed by atoms with E-state index in [0.717, 1.165) is 10.4 Å². The number of fused-ring (bicyclic) bond motifs is 1. The van der Waals surface area contributed by atoms with Gasteiger partial charge in [-0.3, -0.25) is 15.0 Å². The zero-order valence-corrected chi connectivity index (χ0v) is 11.9. The van der Waals surface area contributed by atoms with Crippen molar-refractivity contribution in [3.63, 3.8) is 0 Å². The lowest BCUT2D eigenvalue weighted by molar-refractivity contribution is -0.115. The molecule has 0 fully saturated rings. The Morgan fingerprint density at radius 3 is 2.45 bits per heavy atom. The van der Waals surface area contributed by atoms with Crippen molar-refractivity contribution in [2.24, 2.45) is 0 Å². The summed E-state index contributed by atoms with van der Waals surface area (Å²) in [5, 5.41) is 3.49. The second-order valence-corrected chi connectivity index (χ2v) is 4.75. The van der Waals surface area contributed by atoms with Gasteiger partial charge in [0.15, 0.2) is 0 Å². The van der Waals surface area contributed by atoms with Crippen LogP contribution in [0.5, 0.6) is 0 Å². The normalized spacial score (nSPS) is 10.4. The molecule has 2 N–H and O–H groups in total. The van der Waals surface area contributed by atoms with Gasteiger partial charge in [-0.2, -0.15) is 4.68 Å². The summed E-state index contributed by atoms with van der Waals surface area (Å²) >= 11 is 0. The van der Waals surface area contributed by atoms with Gasteiger partial charge in [-0.15, -0.1) is 0 Å². The molecule has 0 aliphatic carbocycles. The Kier molecular flexibility index (Phi) is 3.57. The Balaban J connectivity index is 2.18. The quantitative estimate of drug-likeness (QED) is 0.776. The van der Waals surface area contributed by atoms with Crippen LogP contribution in [0.25, 0.3) is 10.9 Å². The summed E-state index contributed by atoms with van der Waals surface area (Å²) in [5.74, 6) is -0.0969. The number of amides is 1. The lowest BCUT2D eigenvalue weighted by Gasteiger charge is -2.14. The predicted molar refractivity (Wildman–Crippen MR) is 85.8 cm³/mol. The van der Waals surface area contributed by atoms with Crippen molar-refractivity contribution >= 4 is 28.4 Å². The number of anilines is 2. The van der Waals surface area contributed by atoms with E-state index >= 15 is 0 Å². The monoisotopic (exact) mass is 294 g/mol. The molecule has 110 valence electrons. The Hall–Kier alpha value is -3.15. The van der Waals surface area contributed by atoms with Gasteiger partial charge in [-0.25, -0.2) is 4.98 Å². The highest BCUT2D eigenvalue weighted by Gasteiger charge is 2.11. The van der Waals surface area contributed by atoms with E-state index < -0.39 is 0 Å². The van der Waals surface area contributed by atoms with Gasteiger partial charge in [0.2, 0.25) is 11.9 Å². The molecule has 0 spiro atoms. The first-order valence-electron chi connectivity index (χ1n) is 6.76. The molecule has 6 heteroatoms. The predicted octanol–water partition coefficient (Wildman–Crippen LogP) is 2.23. The van der Waals surface area contributed by atoms with Crippen LogP contribution in [0, 0.1) is 0 Å². The maximum Gasteiger partial charge on any atom is 0.281 e. The number of nitrogens with one attached hydrogen (secondary N) is 2. The second kappa shape index (κ2) is 5.69. The molecule has 3 rings (SSSR count). The fourth-order valence-electron chi connectivity index (χ4n) is 2.13. The van der Waals surface area contributed by atoms with Crippen LogP contribution in [0.2, 0.25) is 0 Å². The minimum absolute atomic E-state index is 0.255. The molecular formula is C16H14N4O2. The average molecular weight is 294 g/mol. The van der Waals surface area contributed by atoms with E-state index in [-0.39, 0.29) is 17.4 Å². The Morgan fingerprint density at radius 2 is 1.73 bits per heavy atom. The molecule has 0 aliphatic heterocycles. The van der Waals surface area contributed by atoms with Crippen molar-refractivity contribution in [2.75, 3.05) is 10.7 Å². The van der Waals surface area contributed by atoms with Crippen LogP contribution in [0.3, 0.4) is 0 Å². The largest absolute Gasteiger partial charge is 0.324 e. The number of aromatic nitrogens is 2. The first-order chi connectivity index (χ1) is 10.6. The molecule has 0 unspecified atom stereocenters. The van der Waals surface area contributed by atoms with Crippen LogP contribution in [0.15, 0.2) is 59.4 Å². The molecular weight excluding hydrogens is 280 g/mol. The summed E-state index contributed by atoms with van der Waals surface area (Å²) in [7, 11) is 0. The lowest BCUT2D eigenvalue weighted by atomic mass is 10.2. The van der Waals surface area contributed by atoms with Gasteiger partial charge in [0.25, 0.3) is 5.56 Å². The molecule has 3 aromatic rings. The first-order valence-corrected chi connectivity index (χ1v) is 6.76. The maximum atomic E-state index is 12.5. The Bertz CT molecular complexity index is 888. The molecule has 2 aromatic carbocycles. The van der Waals surface area contributed by atoms with E-state index in [1.54, 1.807) is 18.2 Å². The smallest absolute Gasteiger partial charge is 0.281 e. The highest BCUT2D eigenvalue weighted by molar-refractivity contribution is 5.84. The summed E-state index contributed by atoms with van der Waals surface area (Å²) < 4.78 is 1.12. The third kappa shape index (κ3) is 2.67. The van der Waals surface area contributed by atoms with Crippen LogP contribution in [0.4, 0.5) is 11.6 Å². The van der Waals surface area contributed by atoms with Crippen LogP contribution in [-0.4, -0.2) is 15.6 Å². The molecule has 0 atom stereocenters. The first kappa shape index (κ1) is 13.8. The molecule has 22 heavy (non-hydrogen) atoms. The summed E-state index contributed by atoms with van der Waals surface area (Å²) in [6.07, 6.45) is 0. The molecule has 0 saturated carbocycles. The van der Waals surface area contributed by atoms with Gasteiger partial charge in [0.1, 0.15) is 0 Å². The zero-order valence-electron chi connectivity index (χ0n) is 11.9. The van der Waals surface area contributed by atoms with Gasteiger partial charge >= 0.3 is 0 Å². The third-order valence-corrected chi connectivity index (χ3v) is 3.07. The molecule has 1 amide bonds. The lowest BCUT2D eigenvalue weighted by Crippen LogP contribution is -2.34. The number of hydrogen-bond acceptors (Lipinski definition) is 4. The van der Waals surface area contributed by atoms with Crippen molar-refractivity contribution in [1.82, 2.24) is 9.66 Å². The highest BCUT2D eigenvalue weighted by atomic mass is 16.2. The van der Waals surface area contributed by atoms with Gasteiger partial charge < -0.3 is 5.32 Å². The van der Waals surface area contributed by atoms with E-state index in [2.05, 4.69) is 15.7 Å². The van der Waals surface area contributed by atoms with E-state index in [1.165, 1.54) is 6.92 Å². The minimum Gasteiger partial charge on any atom is -0.324 e. The van der Waals surface area contributed by atoms with E-state index in [9.17, 15) is 9.59 Å². The van der Waals surface area contributed by atoms with Crippen molar-refractivity contribution in [2.45, 2.75) is 6.92 Å². The number of hydrogen-bond donors (Lipinski definition) is 2. The van der Waals surface area contributed by atoms with Crippen molar-refractivity contribution in [3.8, 4) is 0 Å². The third-order valence-electron chi connectivity index (χ3n) is 3.07. The van der Waals surface area contributed by atoms with Crippen LogP contribution < -0.4 is 16.3 Å². The van der Waals surface area contributed by atoms with Crippen LogP contribution >= 0.6 is 0 Å². The summed E-state index contributed by atoms with van der Waals surface area (Å²) in [6.45, 7) is 1.34. The number of nitrogens with zero attached hydrogens (tertiary/aromatic N) is 2. The van der Waals surface area contributed by atoms with E-state index in [0.29, 0.717) is 10.9 Å². The van der Waals surface area contributed by atoms with Gasteiger partial charge in [0.05, 0.1) is 10.9 Å². The molecule has 0 bridgehead atoms. The number of benzene rings is 2. The standard InChI is InChI=1S/C16H14N4O2/c1-11(21)19-20-15(22)13-9-5-6-10-14(13)18-16(20)17-12-7-3-2-4-8-12/h2-10H,1H3,(H,17,18)(H,19,21). The molecule has 1 heterocycles. The fraction of sp³-hybridized carbons (Fsp3) is 0.0625. The summed E-state index contributed by atoms with van der Waals surface area (Å²) in [4.78, 5) is 28.3. The number of rotatable bonds is 3. The van der Waals surface area contributed by atoms with E-state index in [1.807, 2.05) is 36.4 Å². The zero-order chi connectivity index (χ0) is 15.5. The van der Waals surface area contributed by atoms with Crippen molar-refractivity contribution in [3.05, 3.63) is 65.0 Å². The molecule has 6 nitrogen and oxygen atoms in total. The number of para-hydroxylation sites is 2. The van der Waals surface area contributed by atoms with Crippen LogP contribution in [0.1, 0.15) is 6.92 Å². The Morgan fingerprint density at radius 1 is 1.05 bits per heavy atom. The average Bonchev–Trinajstić information content (AvgIpc) is 2.52. The van der Waals surface area contributed by atoms with Crippen LogP contribution in [-0.2, 0) is 4.79 Å². The molecule has 0 radical (unpaired) electrons. The molecule has 0 aliphatic rings. The van der Waals surface area contributed by atoms with Crippen molar-refractivity contribution < 1.29 is 4.79 Å². The van der Waals surface area contributed by atoms with Gasteiger partial charge in [0, 0.05) is 12.6 Å². The maximum absolute atomic E-state index is 12.5. The molecule has 1 aromatic heterocycles. The van der Waals surface area contributed by atoms with Gasteiger partial charge in [-0.1, -0.05) is 30.3 Å². The number of carbonyl (C=O) groups excluding carboxylic acids is 1. The minimum atomic E-state index is -0.352. The topological polar surface area (TPSA) is 76.0 Å². The van der Waals surface area contributed by atoms with E-state index in [4.69, 9.17) is 0 Å². The Labute approximate surface area is 126 Å². The number of carbonyl (C=O) groups is 1. The van der Waals surface area contributed by atoms with Crippen molar-refractivity contribution in [1.29, 1.82) is 0 Å². The van der Waals surface area contributed by atoms with Gasteiger partial charge in [-0.05, 0) is 24.3 Å². The summed E-state index contributed by atoms with van der Waals surface area (Å²) in [5.41, 5.74) is 3.49. The fourth-order valence-corrected chi connectivity index (χ4v) is 2.13. The SMILES string of the molecule is CC(=O)Nn1c(Nc2ccccc2)nc2ccccc2c1=O. The summed E-state index contributed by atoms with van der Waals surface area (Å²) in [6, 6.07) is 16.3. The molecule has 0 saturated heterocycles. The second-order valence-electron chi connectivity index (χ2n) is 4.75. The highest BCUT2D eigenvalue weighted by Crippen LogP contribution is 2.15.